The lowest BCUT2D eigenvalue weighted by Gasteiger charge is -2.37. The average Bonchev–Trinajstić information content (AvgIpc) is 3.01. The van der Waals surface area contributed by atoms with Crippen molar-refractivity contribution < 1.29 is 14.3 Å². The molecule has 3 rings (SSSR count). The van der Waals surface area contributed by atoms with E-state index in [4.69, 9.17) is 4.74 Å². The number of anilines is 1. The number of carbonyl (C=O) groups is 2. The van der Waals surface area contributed by atoms with Gasteiger partial charge in [-0.15, -0.1) is 0 Å². The topological polar surface area (TPSA) is 83.6 Å². The van der Waals surface area contributed by atoms with Gasteiger partial charge in [0.2, 0.25) is 11.8 Å². The van der Waals surface area contributed by atoms with Crippen molar-refractivity contribution >= 4 is 17.5 Å². The van der Waals surface area contributed by atoms with Gasteiger partial charge in [0.15, 0.2) is 0 Å². The van der Waals surface area contributed by atoms with Gasteiger partial charge in [-0.25, -0.2) is 0 Å². The van der Waals surface area contributed by atoms with E-state index in [1.54, 1.807) is 12.4 Å². The third kappa shape index (κ3) is 6.19. The molecule has 1 saturated carbocycles. The first kappa shape index (κ1) is 20.6. The summed E-state index contributed by atoms with van der Waals surface area (Å²) in [6, 6.07) is 3.64. The molecule has 1 saturated heterocycles. The molecule has 0 spiro atoms. The van der Waals surface area contributed by atoms with E-state index >= 15 is 0 Å². The number of rotatable bonds is 7. The quantitative estimate of drug-likeness (QED) is 0.553. The van der Waals surface area contributed by atoms with Crippen LogP contribution < -0.4 is 10.6 Å². The molecule has 154 valence electrons. The molecule has 1 aromatic heterocycles. The minimum atomic E-state index is -0.157. The summed E-state index contributed by atoms with van der Waals surface area (Å²) in [5.74, 6) is 0.304. The van der Waals surface area contributed by atoms with Crippen LogP contribution in [0.25, 0.3) is 0 Å². The highest BCUT2D eigenvalue weighted by Gasteiger charge is 2.33. The van der Waals surface area contributed by atoms with E-state index in [-0.39, 0.29) is 23.8 Å². The predicted octanol–water partition coefficient (Wildman–Crippen LogP) is 2.20. The van der Waals surface area contributed by atoms with Crippen LogP contribution in [0.4, 0.5) is 5.69 Å². The summed E-state index contributed by atoms with van der Waals surface area (Å²) in [4.78, 5) is 31.4. The second-order valence-corrected chi connectivity index (χ2v) is 7.67. The van der Waals surface area contributed by atoms with Crippen molar-refractivity contribution in [1.29, 1.82) is 0 Å². The largest absolute Gasteiger partial charge is 0.382 e. The van der Waals surface area contributed by atoms with Gasteiger partial charge >= 0.3 is 0 Å². The van der Waals surface area contributed by atoms with Crippen LogP contribution in [0.5, 0.6) is 0 Å². The lowest BCUT2D eigenvalue weighted by molar-refractivity contribution is -0.146. The van der Waals surface area contributed by atoms with Crippen molar-refractivity contribution in [1.82, 2.24) is 15.2 Å². The van der Waals surface area contributed by atoms with Crippen molar-refractivity contribution in [3.8, 4) is 0 Å². The Morgan fingerprint density at radius 3 is 2.75 bits per heavy atom. The molecule has 2 heterocycles. The summed E-state index contributed by atoms with van der Waals surface area (Å²) in [7, 11) is 0. The van der Waals surface area contributed by atoms with Gasteiger partial charge in [0.1, 0.15) is 0 Å². The monoisotopic (exact) mass is 388 g/mol. The average molecular weight is 389 g/mol. The zero-order valence-corrected chi connectivity index (χ0v) is 16.6. The molecular formula is C21H32N4O3. The lowest BCUT2D eigenvalue weighted by atomic mass is 9.97. The van der Waals surface area contributed by atoms with Gasteiger partial charge in [0.25, 0.3) is 0 Å². The molecule has 7 nitrogen and oxygen atoms in total. The first-order valence-electron chi connectivity index (χ1n) is 10.5. The highest BCUT2D eigenvalue weighted by atomic mass is 16.5. The number of aromatic nitrogens is 1. The molecule has 0 bridgehead atoms. The summed E-state index contributed by atoms with van der Waals surface area (Å²) in [5.41, 5.74) is 0.928. The zero-order valence-electron chi connectivity index (χ0n) is 16.6. The third-order valence-electron chi connectivity index (χ3n) is 5.57. The van der Waals surface area contributed by atoms with E-state index in [0.717, 1.165) is 31.4 Å². The van der Waals surface area contributed by atoms with E-state index in [1.165, 1.54) is 12.8 Å². The minimum absolute atomic E-state index is 0.0397. The van der Waals surface area contributed by atoms with Crippen molar-refractivity contribution in [2.24, 2.45) is 5.92 Å². The Morgan fingerprint density at radius 2 is 2.00 bits per heavy atom. The van der Waals surface area contributed by atoms with Crippen LogP contribution in [0.15, 0.2) is 24.5 Å². The Kier molecular flexibility index (Phi) is 8.08. The van der Waals surface area contributed by atoms with Crippen LogP contribution in [0.1, 0.15) is 44.9 Å². The standard InChI is InChI=1S/C21H32N4O3/c26-20(24-11-10-23-18-8-5-9-22-15-18)14-19-16-28-13-12-25(19)21(27)17-6-3-1-2-4-7-17/h5,8-9,15,17,19,23H,1-4,6-7,10-14,16H2,(H,24,26)/t19-/m0/s1. The van der Waals surface area contributed by atoms with Crippen LogP contribution in [0.2, 0.25) is 0 Å². The second kappa shape index (κ2) is 11.0. The molecule has 0 radical (unpaired) electrons. The van der Waals surface area contributed by atoms with E-state index in [0.29, 0.717) is 39.3 Å². The van der Waals surface area contributed by atoms with Gasteiger partial charge in [0.05, 0.1) is 24.9 Å². The second-order valence-electron chi connectivity index (χ2n) is 7.67. The van der Waals surface area contributed by atoms with Gasteiger partial charge in [-0.2, -0.15) is 0 Å². The Morgan fingerprint density at radius 1 is 1.18 bits per heavy atom. The number of hydrogen-bond acceptors (Lipinski definition) is 5. The number of carbonyl (C=O) groups excluding carboxylic acids is 2. The first-order valence-corrected chi connectivity index (χ1v) is 10.5. The SMILES string of the molecule is O=C(C[C@H]1COCCN1C(=O)C1CCCCCC1)NCCNc1cccnc1. The maximum atomic E-state index is 13.0. The first-order chi connectivity index (χ1) is 13.7. The Labute approximate surface area is 167 Å². The normalized spacial score (nSPS) is 21.0. The summed E-state index contributed by atoms with van der Waals surface area (Å²) in [6.45, 7) is 2.75. The van der Waals surface area contributed by atoms with Gasteiger partial charge in [-0.05, 0) is 25.0 Å². The summed E-state index contributed by atoms with van der Waals surface area (Å²) in [5, 5.41) is 6.15. The van der Waals surface area contributed by atoms with Gasteiger partial charge in [-0.3, -0.25) is 14.6 Å². The number of pyridine rings is 1. The predicted molar refractivity (Wildman–Crippen MR) is 108 cm³/mol. The van der Waals surface area contributed by atoms with Crippen LogP contribution in [0.3, 0.4) is 0 Å². The molecule has 2 aliphatic rings. The van der Waals surface area contributed by atoms with Crippen LogP contribution in [-0.4, -0.2) is 60.6 Å². The molecule has 2 N–H and O–H groups in total. The zero-order chi connectivity index (χ0) is 19.6. The molecule has 0 unspecified atom stereocenters. The molecule has 1 atom stereocenters. The molecule has 2 amide bonds. The molecule has 2 fully saturated rings. The Balaban J connectivity index is 1.44. The van der Waals surface area contributed by atoms with Gasteiger partial charge in [-0.1, -0.05) is 25.7 Å². The van der Waals surface area contributed by atoms with E-state index in [1.807, 2.05) is 17.0 Å². The number of hydrogen-bond donors (Lipinski definition) is 2. The molecule has 1 aliphatic carbocycles. The minimum Gasteiger partial charge on any atom is -0.382 e. The molecule has 1 aliphatic heterocycles. The maximum absolute atomic E-state index is 13.0. The van der Waals surface area contributed by atoms with E-state index in [9.17, 15) is 9.59 Å². The fraction of sp³-hybridized carbons (Fsp3) is 0.667. The summed E-state index contributed by atoms with van der Waals surface area (Å²) in [6.07, 6.45) is 10.5. The Bertz CT molecular complexity index is 617. The fourth-order valence-corrected chi connectivity index (χ4v) is 4.04. The van der Waals surface area contributed by atoms with Crippen LogP contribution in [-0.2, 0) is 14.3 Å². The summed E-state index contributed by atoms with van der Waals surface area (Å²) < 4.78 is 5.57. The van der Waals surface area contributed by atoms with Crippen LogP contribution in [0, 0.1) is 5.92 Å². The molecule has 28 heavy (non-hydrogen) atoms. The maximum Gasteiger partial charge on any atom is 0.226 e. The number of nitrogens with one attached hydrogen (secondary N) is 2. The number of ether oxygens (including phenoxy) is 1. The molecular weight excluding hydrogens is 356 g/mol. The van der Waals surface area contributed by atoms with Crippen molar-refractivity contribution in [2.75, 3.05) is 38.2 Å². The van der Waals surface area contributed by atoms with Crippen molar-refractivity contribution in [3.05, 3.63) is 24.5 Å². The lowest BCUT2D eigenvalue weighted by Crippen LogP contribution is -2.52. The highest BCUT2D eigenvalue weighted by Crippen LogP contribution is 2.26. The molecule has 0 aromatic carbocycles. The molecule has 1 aromatic rings. The van der Waals surface area contributed by atoms with E-state index < -0.39 is 0 Å². The number of morpholine rings is 1. The Hall–Kier alpha value is -2.15. The van der Waals surface area contributed by atoms with E-state index in [2.05, 4.69) is 15.6 Å². The van der Waals surface area contributed by atoms with Gasteiger partial charge < -0.3 is 20.3 Å². The number of nitrogens with zero attached hydrogens (tertiary/aromatic N) is 2. The third-order valence-corrected chi connectivity index (χ3v) is 5.57. The number of amides is 2. The van der Waals surface area contributed by atoms with Crippen molar-refractivity contribution in [2.45, 2.75) is 51.0 Å². The fourth-order valence-electron chi connectivity index (χ4n) is 4.04. The summed E-state index contributed by atoms with van der Waals surface area (Å²) >= 11 is 0. The van der Waals surface area contributed by atoms with Gasteiger partial charge in [0, 0.05) is 44.4 Å². The van der Waals surface area contributed by atoms with Crippen LogP contribution >= 0.6 is 0 Å². The highest BCUT2D eigenvalue weighted by molar-refractivity contribution is 5.81. The smallest absolute Gasteiger partial charge is 0.226 e. The van der Waals surface area contributed by atoms with Crippen molar-refractivity contribution in [3.63, 3.8) is 0 Å². The molecule has 7 heteroatoms.